The molecule has 1 N–H and O–H groups in total. The number of nitrogens with one attached hydrogen (secondary N) is 1. The van der Waals surface area contributed by atoms with E-state index in [4.69, 9.17) is 32.7 Å². The van der Waals surface area contributed by atoms with E-state index in [0.29, 0.717) is 25.6 Å². The summed E-state index contributed by atoms with van der Waals surface area (Å²) >= 11 is 12.3. The van der Waals surface area contributed by atoms with Gasteiger partial charge in [-0.3, -0.25) is 4.79 Å². The van der Waals surface area contributed by atoms with E-state index in [-0.39, 0.29) is 11.9 Å². The monoisotopic (exact) mass is 355 g/mol. The van der Waals surface area contributed by atoms with E-state index in [0.717, 1.165) is 29.9 Å². The van der Waals surface area contributed by atoms with Gasteiger partial charge in [-0.25, -0.2) is 0 Å². The Hall–Kier alpha value is -1.13. The van der Waals surface area contributed by atoms with Gasteiger partial charge in [-0.15, -0.1) is 23.2 Å². The minimum atomic E-state index is -0.946. The summed E-state index contributed by atoms with van der Waals surface area (Å²) in [5.41, 5.74) is 0.348. The Morgan fingerprint density at radius 3 is 2.52 bits per heavy atom. The molecule has 1 aliphatic heterocycles. The highest BCUT2D eigenvalue weighted by Crippen LogP contribution is 2.64. The number of carbonyl (C=O) groups is 1. The molecule has 0 saturated heterocycles. The molecule has 1 amide bonds. The summed E-state index contributed by atoms with van der Waals surface area (Å²) in [6, 6.07) is 5.86. The van der Waals surface area contributed by atoms with Crippen LogP contribution in [0.15, 0.2) is 18.2 Å². The fourth-order valence-corrected chi connectivity index (χ4v) is 3.81. The van der Waals surface area contributed by atoms with Crippen molar-refractivity contribution in [1.29, 1.82) is 0 Å². The van der Waals surface area contributed by atoms with Crippen LogP contribution in [-0.4, -0.2) is 23.5 Å². The number of hydrogen-bond acceptors (Lipinski definition) is 3. The highest BCUT2D eigenvalue weighted by molar-refractivity contribution is 6.53. The van der Waals surface area contributed by atoms with Gasteiger partial charge < -0.3 is 14.8 Å². The zero-order valence-electron chi connectivity index (χ0n) is 12.9. The summed E-state index contributed by atoms with van der Waals surface area (Å²) in [4.78, 5) is 12.6. The maximum atomic E-state index is 12.6. The van der Waals surface area contributed by atoms with Gasteiger partial charge in [0.25, 0.3) is 0 Å². The summed E-state index contributed by atoms with van der Waals surface area (Å²) in [6.07, 6.45) is 2.72. The van der Waals surface area contributed by atoms with Gasteiger partial charge in [-0.1, -0.05) is 6.07 Å². The number of ether oxygens (including phenoxy) is 2. The Labute approximate surface area is 145 Å². The van der Waals surface area contributed by atoms with E-state index < -0.39 is 9.75 Å². The van der Waals surface area contributed by atoms with Crippen molar-refractivity contribution in [2.24, 2.45) is 11.3 Å². The molecule has 1 aromatic rings. The standard InChI is InChI=1S/C17H19Cl2NO3/c1-16(9-17(16,18)19)15(21)20-14(10-2-3-10)11-4-5-12-13(8-11)23-7-6-22-12/h4-5,8,10,14H,2-3,6-7,9H2,1H3,(H,20,21)/t14-,16-/m0/s1. The molecule has 0 spiro atoms. The van der Waals surface area contributed by atoms with Crippen LogP contribution in [0.3, 0.4) is 0 Å². The van der Waals surface area contributed by atoms with Crippen molar-refractivity contribution in [3.63, 3.8) is 0 Å². The molecular weight excluding hydrogens is 337 g/mol. The fraction of sp³-hybridized carbons (Fsp3) is 0.588. The number of amides is 1. The normalized spacial score (nSPS) is 28.8. The van der Waals surface area contributed by atoms with Gasteiger partial charge in [0.1, 0.15) is 17.5 Å². The lowest BCUT2D eigenvalue weighted by Crippen LogP contribution is -2.37. The fourth-order valence-electron chi connectivity index (χ4n) is 3.10. The molecule has 0 unspecified atom stereocenters. The molecule has 4 nitrogen and oxygen atoms in total. The molecule has 23 heavy (non-hydrogen) atoms. The van der Waals surface area contributed by atoms with Crippen LogP contribution in [0.5, 0.6) is 11.5 Å². The van der Waals surface area contributed by atoms with Gasteiger partial charge >= 0.3 is 0 Å². The molecule has 1 aromatic carbocycles. The molecular formula is C17H19Cl2NO3. The van der Waals surface area contributed by atoms with Gasteiger partial charge in [0.05, 0.1) is 11.5 Å². The number of fused-ring (bicyclic) bond motifs is 1. The maximum Gasteiger partial charge on any atom is 0.229 e. The van der Waals surface area contributed by atoms with E-state index in [1.807, 2.05) is 25.1 Å². The Morgan fingerprint density at radius 2 is 1.91 bits per heavy atom. The zero-order chi connectivity index (χ0) is 16.2. The maximum absolute atomic E-state index is 12.6. The Kier molecular flexibility index (Phi) is 3.47. The van der Waals surface area contributed by atoms with Crippen molar-refractivity contribution in [2.75, 3.05) is 13.2 Å². The smallest absolute Gasteiger partial charge is 0.229 e. The number of rotatable bonds is 4. The van der Waals surface area contributed by atoms with Crippen LogP contribution in [0.2, 0.25) is 0 Å². The second kappa shape index (κ2) is 5.18. The molecule has 4 rings (SSSR count). The first kappa shape index (κ1) is 15.4. The summed E-state index contributed by atoms with van der Waals surface area (Å²) < 4.78 is 10.3. The first-order chi connectivity index (χ1) is 10.9. The van der Waals surface area contributed by atoms with Crippen LogP contribution >= 0.6 is 23.2 Å². The number of alkyl halides is 2. The predicted molar refractivity (Wildman–Crippen MR) is 88.2 cm³/mol. The lowest BCUT2D eigenvalue weighted by Gasteiger charge is -2.24. The van der Waals surface area contributed by atoms with Crippen LogP contribution in [0.4, 0.5) is 0 Å². The van der Waals surface area contributed by atoms with Crippen molar-refractivity contribution < 1.29 is 14.3 Å². The Morgan fingerprint density at radius 1 is 1.26 bits per heavy atom. The molecule has 0 radical (unpaired) electrons. The summed E-state index contributed by atoms with van der Waals surface area (Å²) in [6.45, 7) is 2.94. The van der Waals surface area contributed by atoms with E-state index in [1.54, 1.807) is 0 Å². The van der Waals surface area contributed by atoms with E-state index in [1.165, 1.54) is 0 Å². The van der Waals surface area contributed by atoms with Crippen LogP contribution in [0.1, 0.15) is 37.8 Å². The second-order valence-electron chi connectivity index (χ2n) is 6.90. The highest BCUT2D eigenvalue weighted by Gasteiger charge is 2.68. The predicted octanol–water partition coefficient (Wildman–Crippen LogP) is 3.61. The summed E-state index contributed by atoms with van der Waals surface area (Å²) in [5, 5.41) is 3.16. The molecule has 2 fully saturated rings. The first-order valence-corrected chi connectivity index (χ1v) is 8.75. The lowest BCUT2D eigenvalue weighted by molar-refractivity contribution is -0.126. The summed E-state index contributed by atoms with van der Waals surface area (Å²) in [7, 11) is 0. The van der Waals surface area contributed by atoms with Gasteiger partial charge in [0, 0.05) is 0 Å². The molecule has 0 bridgehead atoms. The van der Waals surface area contributed by atoms with Crippen molar-refractivity contribution in [3.8, 4) is 11.5 Å². The molecule has 2 saturated carbocycles. The zero-order valence-corrected chi connectivity index (χ0v) is 14.4. The number of benzene rings is 1. The molecule has 6 heteroatoms. The lowest BCUT2D eigenvalue weighted by atomic mass is 9.99. The Bertz CT molecular complexity index is 659. The van der Waals surface area contributed by atoms with Gasteiger partial charge in [0.15, 0.2) is 11.5 Å². The minimum Gasteiger partial charge on any atom is -0.486 e. The quantitative estimate of drug-likeness (QED) is 0.839. The minimum absolute atomic E-state index is 0.0279. The third kappa shape index (κ3) is 2.66. The number of hydrogen-bond donors (Lipinski definition) is 1. The third-order valence-corrected chi connectivity index (χ3v) is 6.17. The molecule has 3 aliphatic rings. The van der Waals surface area contributed by atoms with Crippen molar-refractivity contribution in [2.45, 2.75) is 36.6 Å². The van der Waals surface area contributed by atoms with E-state index in [9.17, 15) is 4.79 Å². The molecule has 124 valence electrons. The van der Waals surface area contributed by atoms with Crippen LogP contribution in [-0.2, 0) is 4.79 Å². The number of carbonyl (C=O) groups excluding carboxylic acids is 1. The van der Waals surface area contributed by atoms with Gasteiger partial charge in [0.2, 0.25) is 5.91 Å². The average Bonchev–Trinajstić information content (AvgIpc) is 3.43. The highest BCUT2D eigenvalue weighted by atomic mass is 35.5. The third-order valence-electron chi connectivity index (χ3n) is 5.06. The topological polar surface area (TPSA) is 47.6 Å². The SMILES string of the molecule is C[C@@]1(C(=O)N[C@H](c2ccc3c(c2)OCCO3)C2CC2)CC1(Cl)Cl. The first-order valence-electron chi connectivity index (χ1n) is 7.99. The van der Waals surface area contributed by atoms with Crippen molar-refractivity contribution >= 4 is 29.1 Å². The molecule has 2 aliphatic carbocycles. The molecule has 0 aromatic heterocycles. The van der Waals surface area contributed by atoms with Crippen LogP contribution < -0.4 is 14.8 Å². The largest absolute Gasteiger partial charge is 0.486 e. The molecule has 2 atom stereocenters. The molecule has 1 heterocycles. The average molecular weight is 356 g/mol. The Balaban J connectivity index is 1.56. The van der Waals surface area contributed by atoms with E-state index in [2.05, 4.69) is 5.32 Å². The second-order valence-corrected chi connectivity index (χ2v) is 8.39. The number of halogens is 2. The van der Waals surface area contributed by atoms with Gasteiger partial charge in [-0.05, 0) is 49.8 Å². The van der Waals surface area contributed by atoms with E-state index >= 15 is 0 Å². The van der Waals surface area contributed by atoms with Crippen LogP contribution in [0, 0.1) is 11.3 Å². The van der Waals surface area contributed by atoms with Crippen molar-refractivity contribution in [3.05, 3.63) is 23.8 Å². The van der Waals surface area contributed by atoms with Crippen molar-refractivity contribution in [1.82, 2.24) is 5.32 Å². The van der Waals surface area contributed by atoms with Gasteiger partial charge in [-0.2, -0.15) is 0 Å². The summed E-state index contributed by atoms with van der Waals surface area (Å²) in [5.74, 6) is 1.89. The van der Waals surface area contributed by atoms with Crippen LogP contribution in [0.25, 0.3) is 0 Å².